The van der Waals surface area contributed by atoms with Gasteiger partial charge in [0.25, 0.3) is 0 Å². The molecule has 1 aromatic rings. The van der Waals surface area contributed by atoms with Gasteiger partial charge in [-0.25, -0.2) is 0 Å². The summed E-state index contributed by atoms with van der Waals surface area (Å²) in [5, 5.41) is 13.1. The van der Waals surface area contributed by atoms with Gasteiger partial charge in [0.15, 0.2) is 11.5 Å². The second-order valence-corrected chi connectivity index (χ2v) is 5.82. The van der Waals surface area contributed by atoms with Crippen LogP contribution in [0.15, 0.2) is 24.3 Å². The van der Waals surface area contributed by atoms with Crippen LogP contribution in [0.2, 0.25) is 0 Å². The Hall–Kier alpha value is -1.73. The lowest BCUT2D eigenvalue weighted by Gasteiger charge is -2.30. The van der Waals surface area contributed by atoms with Crippen LogP contribution in [0.4, 0.5) is 0 Å². The Morgan fingerprint density at radius 3 is 2.38 bits per heavy atom. The first-order chi connectivity index (χ1) is 10.1. The largest absolute Gasteiger partial charge is 0.490 e. The minimum Gasteiger partial charge on any atom is -0.490 e. The lowest BCUT2D eigenvalue weighted by atomic mass is 9.95. The molecule has 1 N–H and O–H groups in total. The summed E-state index contributed by atoms with van der Waals surface area (Å²) in [4.78, 5) is 0. The molecule has 1 atom stereocenters. The third-order valence-electron chi connectivity index (χ3n) is 3.62. The van der Waals surface area contributed by atoms with Crippen molar-refractivity contribution >= 4 is 0 Å². The highest BCUT2D eigenvalue weighted by molar-refractivity contribution is 5.39. The minimum atomic E-state index is -0.604. The van der Waals surface area contributed by atoms with E-state index < -0.39 is 5.54 Å². The van der Waals surface area contributed by atoms with Gasteiger partial charge >= 0.3 is 0 Å². The van der Waals surface area contributed by atoms with E-state index in [2.05, 4.69) is 25.2 Å². The Kier molecular flexibility index (Phi) is 5.08. The summed E-state index contributed by atoms with van der Waals surface area (Å²) in [7, 11) is 0. The number of para-hydroxylation sites is 2. The van der Waals surface area contributed by atoms with Crippen LogP contribution in [-0.2, 0) is 0 Å². The monoisotopic (exact) mass is 288 g/mol. The van der Waals surface area contributed by atoms with Crippen molar-refractivity contribution in [2.24, 2.45) is 5.92 Å². The smallest absolute Gasteiger partial charge is 0.161 e. The van der Waals surface area contributed by atoms with E-state index in [-0.39, 0.29) is 6.04 Å². The zero-order valence-corrected chi connectivity index (χ0v) is 13.1. The molecule has 0 aliphatic heterocycles. The summed E-state index contributed by atoms with van der Waals surface area (Å²) < 4.78 is 11.5. The Balaban J connectivity index is 2.10. The summed E-state index contributed by atoms with van der Waals surface area (Å²) in [5.74, 6) is 1.81. The van der Waals surface area contributed by atoms with Crippen LogP contribution >= 0.6 is 0 Å². The SMILES string of the molecule is CCOc1ccccc1OCC(C#N)(NC(C)C)C1CC1. The maximum atomic E-state index is 9.66. The Morgan fingerprint density at radius 2 is 1.90 bits per heavy atom. The van der Waals surface area contributed by atoms with Gasteiger partial charge in [-0.2, -0.15) is 5.26 Å². The van der Waals surface area contributed by atoms with Crippen LogP contribution in [0.3, 0.4) is 0 Å². The van der Waals surface area contributed by atoms with E-state index in [1.165, 1.54) is 0 Å². The molecular formula is C17H24N2O2. The number of hydrogen-bond donors (Lipinski definition) is 1. The number of rotatable bonds is 8. The molecule has 0 radical (unpaired) electrons. The van der Waals surface area contributed by atoms with Crippen molar-refractivity contribution in [1.29, 1.82) is 5.26 Å². The fourth-order valence-corrected chi connectivity index (χ4v) is 2.56. The van der Waals surface area contributed by atoms with Crippen molar-refractivity contribution in [3.05, 3.63) is 24.3 Å². The predicted octanol–water partition coefficient (Wildman–Crippen LogP) is 3.13. The van der Waals surface area contributed by atoms with Gasteiger partial charge in [-0.05, 0) is 51.7 Å². The highest BCUT2D eigenvalue weighted by atomic mass is 16.5. The fraction of sp³-hybridized carbons (Fsp3) is 0.588. The van der Waals surface area contributed by atoms with E-state index in [4.69, 9.17) is 9.47 Å². The van der Waals surface area contributed by atoms with Crippen molar-refractivity contribution in [1.82, 2.24) is 5.32 Å². The van der Waals surface area contributed by atoms with E-state index in [0.717, 1.165) is 18.6 Å². The highest BCUT2D eigenvalue weighted by Gasteiger charge is 2.47. The molecule has 0 bridgehead atoms. The van der Waals surface area contributed by atoms with Gasteiger partial charge in [0.2, 0.25) is 0 Å². The quantitative estimate of drug-likeness (QED) is 0.798. The van der Waals surface area contributed by atoms with Crippen LogP contribution < -0.4 is 14.8 Å². The first kappa shape index (κ1) is 15.7. The molecule has 2 rings (SSSR count). The van der Waals surface area contributed by atoms with Crippen LogP contribution in [0.1, 0.15) is 33.6 Å². The topological polar surface area (TPSA) is 54.3 Å². The maximum absolute atomic E-state index is 9.66. The Bertz CT molecular complexity index is 506. The van der Waals surface area contributed by atoms with Crippen molar-refractivity contribution in [3.63, 3.8) is 0 Å². The van der Waals surface area contributed by atoms with Gasteiger partial charge in [0, 0.05) is 6.04 Å². The van der Waals surface area contributed by atoms with Gasteiger partial charge < -0.3 is 9.47 Å². The van der Waals surface area contributed by atoms with Crippen LogP contribution in [0, 0.1) is 17.2 Å². The van der Waals surface area contributed by atoms with Crippen molar-refractivity contribution in [3.8, 4) is 17.6 Å². The predicted molar refractivity (Wildman–Crippen MR) is 82.4 cm³/mol. The van der Waals surface area contributed by atoms with Crippen molar-refractivity contribution in [2.75, 3.05) is 13.2 Å². The molecule has 1 fully saturated rings. The zero-order valence-electron chi connectivity index (χ0n) is 13.1. The summed E-state index contributed by atoms with van der Waals surface area (Å²) in [6, 6.07) is 10.3. The Morgan fingerprint density at radius 1 is 1.29 bits per heavy atom. The standard InChI is InChI=1S/C17H24N2O2/c1-4-20-15-7-5-6-8-16(15)21-12-17(11-18,14-9-10-14)19-13(2)3/h5-8,13-14,19H,4,9-10,12H2,1-3H3. The molecule has 0 aromatic heterocycles. The van der Waals surface area contributed by atoms with Crippen LogP contribution in [0.5, 0.6) is 11.5 Å². The average Bonchev–Trinajstić information content (AvgIpc) is 3.30. The molecular weight excluding hydrogens is 264 g/mol. The molecule has 21 heavy (non-hydrogen) atoms. The molecule has 1 aromatic carbocycles. The second kappa shape index (κ2) is 6.82. The Labute approximate surface area is 127 Å². The number of ether oxygens (including phenoxy) is 2. The third kappa shape index (κ3) is 3.89. The van der Waals surface area contributed by atoms with E-state index in [9.17, 15) is 5.26 Å². The van der Waals surface area contributed by atoms with Gasteiger partial charge in [-0.15, -0.1) is 0 Å². The molecule has 0 amide bonds. The summed E-state index contributed by atoms with van der Waals surface area (Å²) in [5.41, 5.74) is -0.604. The average molecular weight is 288 g/mol. The maximum Gasteiger partial charge on any atom is 0.161 e. The van der Waals surface area contributed by atoms with Gasteiger partial charge in [-0.3, -0.25) is 5.32 Å². The van der Waals surface area contributed by atoms with Crippen molar-refractivity contribution in [2.45, 2.75) is 45.2 Å². The van der Waals surface area contributed by atoms with Gasteiger partial charge in [-0.1, -0.05) is 12.1 Å². The highest BCUT2D eigenvalue weighted by Crippen LogP contribution is 2.40. The molecule has 1 aliphatic rings. The second-order valence-electron chi connectivity index (χ2n) is 5.82. The summed E-state index contributed by atoms with van der Waals surface area (Å²) >= 11 is 0. The van der Waals surface area contributed by atoms with Crippen molar-refractivity contribution < 1.29 is 9.47 Å². The zero-order chi connectivity index (χ0) is 15.3. The van der Waals surface area contributed by atoms with E-state index in [1.54, 1.807) is 0 Å². The molecule has 0 saturated heterocycles. The molecule has 4 heteroatoms. The van der Waals surface area contributed by atoms with E-state index in [1.807, 2.05) is 31.2 Å². The number of hydrogen-bond acceptors (Lipinski definition) is 4. The molecule has 1 saturated carbocycles. The first-order valence-electron chi connectivity index (χ1n) is 7.65. The third-order valence-corrected chi connectivity index (χ3v) is 3.62. The first-order valence-corrected chi connectivity index (χ1v) is 7.65. The van der Waals surface area contributed by atoms with E-state index >= 15 is 0 Å². The summed E-state index contributed by atoms with van der Waals surface area (Å²) in [6.45, 7) is 7.00. The minimum absolute atomic E-state index is 0.246. The molecule has 4 nitrogen and oxygen atoms in total. The number of nitrogens with zero attached hydrogens (tertiary/aromatic N) is 1. The lowest BCUT2D eigenvalue weighted by Crippen LogP contribution is -2.53. The van der Waals surface area contributed by atoms with Gasteiger partial charge in [0.05, 0.1) is 12.7 Å². The number of benzene rings is 1. The number of nitrogens with one attached hydrogen (secondary N) is 1. The molecule has 114 valence electrons. The summed E-state index contributed by atoms with van der Waals surface area (Å²) in [6.07, 6.45) is 2.17. The fourth-order valence-electron chi connectivity index (χ4n) is 2.56. The van der Waals surface area contributed by atoms with Crippen LogP contribution in [0.25, 0.3) is 0 Å². The molecule has 1 aliphatic carbocycles. The molecule has 0 spiro atoms. The van der Waals surface area contributed by atoms with E-state index in [0.29, 0.717) is 24.9 Å². The molecule has 0 heterocycles. The number of nitriles is 1. The molecule has 1 unspecified atom stereocenters. The lowest BCUT2D eigenvalue weighted by molar-refractivity contribution is 0.185. The normalized spacial score (nSPS) is 17.1. The van der Waals surface area contributed by atoms with Crippen LogP contribution in [-0.4, -0.2) is 24.8 Å². The van der Waals surface area contributed by atoms with Gasteiger partial charge in [0.1, 0.15) is 12.1 Å².